The van der Waals surface area contributed by atoms with Crippen LogP contribution in [-0.2, 0) is 17.7 Å². The van der Waals surface area contributed by atoms with Gasteiger partial charge in [0.05, 0.1) is 18.2 Å². The fourth-order valence-corrected chi connectivity index (χ4v) is 1.68. The highest BCUT2D eigenvalue weighted by Crippen LogP contribution is 2.20. The number of nitrogens with zero attached hydrogens (tertiary/aromatic N) is 1. The van der Waals surface area contributed by atoms with Gasteiger partial charge in [0, 0.05) is 6.54 Å². The van der Waals surface area contributed by atoms with E-state index >= 15 is 0 Å². The molecule has 1 rings (SSSR count). The number of rotatable bonds is 3. The number of ether oxygens (including phenoxy) is 1. The molecule has 4 nitrogen and oxygen atoms in total. The van der Waals surface area contributed by atoms with Crippen LogP contribution in [0.4, 0.5) is 0 Å². The summed E-state index contributed by atoms with van der Waals surface area (Å²) < 4.78 is 4.68. The fourth-order valence-electron chi connectivity index (χ4n) is 1.68. The number of methoxy groups -OCH3 is 1. The van der Waals surface area contributed by atoms with Crippen molar-refractivity contribution in [2.24, 2.45) is 5.73 Å². The summed E-state index contributed by atoms with van der Waals surface area (Å²) in [7, 11) is 1.29. The second-order valence-electron chi connectivity index (χ2n) is 3.29. The summed E-state index contributed by atoms with van der Waals surface area (Å²) in [4.78, 5) is 11.6. The van der Waals surface area contributed by atoms with Crippen molar-refractivity contribution < 1.29 is 9.53 Å². The first kappa shape index (κ1) is 12.2. The molecule has 4 heteroatoms. The molecule has 0 aliphatic heterocycles. The lowest BCUT2D eigenvalue weighted by molar-refractivity contribution is 0.0599. The molecule has 0 radical (unpaired) electrons. The number of benzene rings is 1. The molecular weight excluding hydrogens is 204 g/mol. The minimum atomic E-state index is -0.507. The number of nitrogens with two attached hydrogens (primary N) is 1. The molecule has 1 aromatic rings. The first-order chi connectivity index (χ1) is 7.69. The van der Waals surface area contributed by atoms with E-state index in [4.69, 9.17) is 11.0 Å². The van der Waals surface area contributed by atoms with Gasteiger partial charge in [-0.3, -0.25) is 0 Å². The number of carbonyl (C=O) groups is 1. The van der Waals surface area contributed by atoms with Gasteiger partial charge in [-0.2, -0.15) is 5.26 Å². The van der Waals surface area contributed by atoms with Crippen molar-refractivity contribution in [3.05, 3.63) is 34.4 Å². The van der Waals surface area contributed by atoms with E-state index in [-0.39, 0.29) is 6.54 Å². The topological polar surface area (TPSA) is 76.1 Å². The summed E-state index contributed by atoms with van der Waals surface area (Å²) in [5.41, 5.74) is 7.91. The average Bonchev–Trinajstić information content (AvgIpc) is 2.35. The van der Waals surface area contributed by atoms with Crippen molar-refractivity contribution in [1.29, 1.82) is 5.26 Å². The van der Waals surface area contributed by atoms with E-state index in [2.05, 4.69) is 4.74 Å². The van der Waals surface area contributed by atoms with Crippen molar-refractivity contribution in [2.45, 2.75) is 19.9 Å². The summed E-state index contributed by atoms with van der Waals surface area (Å²) >= 11 is 0. The Morgan fingerprint density at radius 3 is 2.69 bits per heavy atom. The van der Waals surface area contributed by atoms with Gasteiger partial charge in [-0.25, -0.2) is 4.79 Å². The number of aryl methyl sites for hydroxylation is 1. The maximum Gasteiger partial charge on any atom is 0.339 e. The SMILES string of the molecule is CCc1ccc(C#N)c(C(=O)OC)c1CN. The van der Waals surface area contributed by atoms with E-state index in [0.29, 0.717) is 16.7 Å². The predicted octanol–water partition coefficient (Wildman–Crippen LogP) is 1.37. The Balaban J connectivity index is 3.50. The molecule has 0 aromatic heterocycles. The van der Waals surface area contributed by atoms with E-state index < -0.39 is 5.97 Å². The van der Waals surface area contributed by atoms with E-state index in [1.54, 1.807) is 6.07 Å². The summed E-state index contributed by atoms with van der Waals surface area (Å²) in [5.74, 6) is -0.507. The zero-order valence-electron chi connectivity index (χ0n) is 9.41. The van der Waals surface area contributed by atoms with Crippen molar-refractivity contribution in [3.63, 3.8) is 0 Å². The molecule has 0 aliphatic rings. The monoisotopic (exact) mass is 218 g/mol. The number of carbonyl (C=O) groups excluding carboxylic acids is 1. The van der Waals surface area contributed by atoms with Crippen LogP contribution < -0.4 is 5.73 Å². The largest absolute Gasteiger partial charge is 0.465 e. The summed E-state index contributed by atoms with van der Waals surface area (Å²) in [5, 5.41) is 8.95. The lowest BCUT2D eigenvalue weighted by Gasteiger charge is -2.12. The van der Waals surface area contributed by atoms with E-state index in [1.807, 2.05) is 19.1 Å². The highest BCUT2D eigenvalue weighted by atomic mass is 16.5. The van der Waals surface area contributed by atoms with Gasteiger partial charge in [-0.05, 0) is 23.6 Å². The summed E-state index contributed by atoms with van der Waals surface area (Å²) in [6.07, 6.45) is 0.766. The van der Waals surface area contributed by atoms with Crippen LogP contribution in [0, 0.1) is 11.3 Å². The predicted molar refractivity (Wildman–Crippen MR) is 59.8 cm³/mol. The van der Waals surface area contributed by atoms with Crippen LogP contribution in [-0.4, -0.2) is 13.1 Å². The van der Waals surface area contributed by atoms with Gasteiger partial charge in [0.1, 0.15) is 6.07 Å². The van der Waals surface area contributed by atoms with Crippen molar-refractivity contribution in [1.82, 2.24) is 0 Å². The Bertz CT molecular complexity index is 447. The molecule has 0 atom stereocenters. The third-order valence-electron chi connectivity index (χ3n) is 2.50. The van der Waals surface area contributed by atoms with Crippen molar-refractivity contribution in [2.75, 3.05) is 7.11 Å². The Morgan fingerprint density at radius 2 is 2.25 bits per heavy atom. The molecule has 0 saturated carbocycles. The molecule has 0 amide bonds. The molecule has 0 heterocycles. The molecule has 0 bridgehead atoms. The second-order valence-corrected chi connectivity index (χ2v) is 3.29. The molecule has 2 N–H and O–H groups in total. The Kier molecular flexibility index (Phi) is 4.03. The minimum Gasteiger partial charge on any atom is -0.465 e. The molecule has 0 spiro atoms. The second kappa shape index (κ2) is 5.29. The zero-order valence-corrected chi connectivity index (χ0v) is 9.41. The molecular formula is C12H14N2O2. The number of hydrogen-bond acceptors (Lipinski definition) is 4. The number of esters is 1. The molecule has 1 aromatic carbocycles. The van der Waals surface area contributed by atoms with Crippen LogP contribution in [0.1, 0.15) is 34.0 Å². The first-order valence-electron chi connectivity index (χ1n) is 5.02. The minimum absolute atomic E-state index is 0.225. The van der Waals surface area contributed by atoms with Gasteiger partial charge in [0.15, 0.2) is 0 Å². The molecule has 84 valence electrons. The van der Waals surface area contributed by atoms with Gasteiger partial charge in [0.2, 0.25) is 0 Å². The average molecular weight is 218 g/mol. The van der Waals surface area contributed by atoms with Crippen LogP contribution in [0.5, 0.6) is 0 Å². The van der Waals surface area contributed by atoms with Gasteiger partial charge < -0.3 is 10.5 Å². The Morgan fingerprint density at radius 1 is 1.56 bits per heavy atom. The number of hydrogen-bond donors (Lipinski definition) is 1. The standard InChI is InChI=1S/C12H14N2O2/c1-3-8-4-5-9(6-13)11(10(8)7-14)12(15)16-2/h4-5H,3,7,14H2,1-2H3. The Labute approximate surface area is 94.6 Å². The third-order valence-corrected chi connectivity index (χ3v) is 2.50. The van der Waals surface area contributed by atoms with E-state index in [0.717, 1.165) is 12.0 Å². The highest BCUT2D eigenvalue weighted by molar-refractivity contribution is 5.94. The maximum atomic E-state index is 11.6. The quantitative estimate of drug-likeness (QED) is 0.777. The maximum absolute atomic E-state index is 11.6. The van der Waals surface area contributed by atoms with Crippen LogP contribution in [0.15, 0.2) is 12.1 Å². The molecule has 16 heavy (non-hydrogen) atoms. The fraction of sp³-hybridized carbons (Fsp3) is 0.333. The van der Waals surface area contributed by atoms with Crippen LogP contribution in [0.25, 0.3) is 0 Å². The van der Waals surface area contributed by atoms with Crippen LogP contribution in [0.3, 0.4) is 0 Å². The number of nitriles is 1. The lowest BCUT2D eigenvalue weighted by atomic mass is 9.95. The molecule has 0 fully saturated rings. The van der Waals surface area contributed by atoms with Gasteiger partial charge in [-0.15, -0.1) is 0 Å². The first-order valence-corrected chi connectivity index (χ1v) is 5.02. The van der Waals surface area contributed by atoms with E-state index in [9.17, 15) is 4.79 Å². The van der Waals surface area contributed by atoms with Crippen LogP contribution >= 0.6 is 0 Å². The summed E-state index contributed by atoms with van der Waals surface area (Å²) in [6.45, 7) is 2.20. The van der Waals surface area contributed by atoms with Gasteiger partial charge >= 0.3 is 5.97 Å². The lowest BCUT2D eigenvalue weighted by Crippen LogP contribution is -2.13. The van der Waals surface area contributed by atoms with E-state index in [1.165, 1.54) is 7.11 Å². The molecule has 0 unspecified atom stereocenters. The van der Waals surface area contributed by atoms with Crippen molar-refractivity contribution in [3.8, 4) is 6.07 Å². The zero-order chi connectivity index (χ0) is 12.1. The summed E-state index contributed by atoms with van der Waals surface area (Å²) in [6, 6.07) is 5.44. The molecule has 0 aliphatic carbocycles. The molecule has 0 saturated heterocycles. The smallest absolute Gasteiger partial charge is 0.339 e. The normalized spacial score (nSPS) is 9.62. The van der Waals surface area contributed by atoms with Crippen LogP contribution in [0.2, 0.25) is 0 Å². The highest BCUT2D eigenvalue weighted by Gasteiger charge is 2.18. The van der Waals surface area contributed by atoms with Crippen molar-refractivity contribution >= 4 is 5.97 Å². The third kappa shape index (κ3) is 2.05. The Hall–Kier alpha value is -1.86. The van der Waals surface area contributed by atoms with Gasteiger partial charge in [-0.1, -0.05) is 13.0 Å². The van der Waals surface area contributed by atoms with Gasteiger partial charge in [0.25, 0.3) is 0 Å².